The van der Waals surface area contributed by atoms with E-state index in [-0.39, 0.29) is 5.48 Å². The predicted octanol–water partition coefficient (Wildman–Crippen LogP) is -0.178. The summed E-state index contributed by atoms with van der Waals surface area (Å²) in [6.07, 6.45) is 0. The first-order valence-electron chi connectivity index (χ1n) is 2.66. The van der Waals surface area contributed by atoms with Gasteiger partial charge in [0.2, 0.25) is 0 Å². The molecule has 2 nitrogen and oxygen atoms in total. The highest BCUT2D eigenvalue weighted by molar-refractivity contribution is 6.15. The number of para-hydroxylation sites is 1. The second kappa shape index (κ2) is 4.40. The Balaban J connectivity index is 0.000000640. The van der Waals surface area contributed by atoms with E-state index < -0.39 is 0 Å². The highest BCUT2D eigenvalue weighted by Gasteiger charge is 1.77. The van der Waals surface area contributed by atoms with Crippen molar-refractivity contribution >= 4 is 22.2 Å². The van der Waals surface area contributed by atoms with Crippen LogP contribution in [0.25, 0.3) is 0 Å². The van der Waals surface area contributed by atoms with Gasteiger partial charge in [-0.3, -0.25) is 0 Å². The monoisotopic (exact) mass is 139 g/mol. The third kappa shape index (κ3) is 2.52. The standard InChI is InChI=1S/C6H6N.Al.H2O.2H/c7-6-4-2-1-3-5-6;;;;/h1-5,7H;;1H2;;/q-1;+1;;;. The summed E-state index contributed by atoms with van der Waals surface area (Å²) in [5.41, 5.74) is 1.22. The molecular weight excluding hydrogens is 129 g/mol. The molecule has 0 aromatic heterocycles. The van der Waals surface area contributed by atoms with Crippen molar-refractivity contribution in [3.8, 4) is 0 Å². The number of anilines is 1. The Morgan fingerprint density at radius 3 is 2.00 bits per heavy atom. The molecule has 0 fully saturated rings. The second-order valence-corrected chi connectivity index (χ2v) is 2.12. The molecule has 0 saturated carbocycles. The summed E-state index contributed by atoms with van der Waals surface area (Å²) in [6.45, 7) is 0. The highest BCUT2D eigenvalue weighted by Crippen LogP contribution is 2.01. The Hall–Kier alpha value is -0.488. The van der Waals surface area contributed by atoms with Crippen LogP contribution in [0.15, 0.2) is 30.3 Å². The molecule has 48 valence electrons. The molecule has 1 rings (SSSR count). The van der Waals surface area contributed by atoms with Gasteiger partial charge in [0.05, 0.1) is 0 Å². The van der Waals surface area contributed by atoms with Crippen LogP contribution in [0.4, 0.5) is 5.69 Å². The van der Waals surface area contributed by atoms with E-state index in [0.717, 1.165) is 16.5 Å². The van der Waals surface area contributed by atoms with E-state index in [1.54, 1.807) is 0 Å². The molecule has 3 N–H and O–H groups in total. The third-order valence-electron chi connectivity index (χ3n) is 1.06. The van der Waals surface area contributed by atoms with E-state index in [0.29, 0.717) is 0 Å². The van der Waals surface area contributed by atoms with Crippen LogP contribution in [0.3, 0.4) is 0 Å². The highest BCUT2D eigenvalue weighted by atomic mass is 27.1. The van der Waals surface area contributed by atoms with Crippen molar-refractivity contribution in [1.82, 2.24) is 0 Å². The second-order valence-electron chi connectivity index (χ2n) is 1.62. The number of rotatable bonds is 1. The number of hydrogen-bond acceptors (Lipinski definition) is 1. The molecule has 0 heterocycles. The molecule has 0 aliphatic carbocycles. The smallest absolute Gasteiger partial charge is 0.360 e. The van der Waals surface area contributed by atoms with Crippen LogP contribution in [-0.4, -0.2) is 22.0 Å². The van der Waals surface area contributed by atoms with E-state index in [4.69, 9.17) is 0 Å². The van der Waals surface area contributed by atoms with E-state index in [1.165, 1.54) is 5.69 Å². The van der Waals surface area contributed by atoms with Gasteiger partial charge in [-0.1, -0.05) is 18.2 Å². The predicted molar refractivity (Wildman–Crippen MR) is 42.2 cm³/mol. The zero-order chi connectivity index (χ0) is 5.82. The molecule has 0 spiro atoms. The Morgan fingerprint density at radius 1 is 1.11 bits per heavy atom. The lowest BCUT2D eigenvalue weighted by Gasteiger charge is -1.95. The van der Waals surface area contributed by atoms with Crippen molar-refractivity contribution in [2.75, 3.05) is 4.30 Å². The van der Waals surface area contributed by atoms with Crippen molar-refractivity contribution in [2.45, 2.75) is 0 Å². The summed E-state index contributed by atoms with van der Waals surface area (Å²) in [6, 6.07) is 10.2. The Morgan fingerprint density at radius 2 is 1.67 bits per heavy atom. The zero-order valence-corrected chi connectivity index (χ0v) is 7.39. The fourth-order valence-corrected chi connectivity index (χ4v) is 0.938. The van der Waals surface area contributed by atoms with Crippen LogP contribution in [0.2, 0.25) is 0 Å². The van der Waals surface area contributed by atoms with Gasteiger partial charge >= 0.3 is 16.5 Å². The molecule has 0 aliphatic heterocycles. The topological polar surface area (TPSA) is 43.5 Å². The van der Waals surface area contributed by atoms with E-state index >= 15 is 0 Å². The Bertz CT molecular complexity index is 154. The van der Waals surface area contributed by atoms with Crippen LogP contribution in [0, 0.1) is 0 Å². The van der Waals surface area contributed by atoms with Crippen LogP contribution in [0.1, 0.15) is 0 Å². The quantitative estimate of drug-likeness (QED) is 0.539. The van der Waals surface area contributed by atoms with E-state index in [2.05, 4.69) is 16.4 Å². The van der Waals surface area contributed by atoms with Crippen molar-refractivity contribution in [2.24, 2.45) is 0 Å². The van der Waals surface area contributed by atoms with Crippen LogP contribution >= 0.6 is 0 Å². The maximum atomic E-state index is 3.17. The minimum Gasteiger partial charge on any atom is -0.482 e. The van der Waals surface area contributed by atoms with Crippen LogP contribution in [0.5, 0.6) is 0 Å². The van der Waals surface area contributed by atoms with Crippen molar-refractivity contribution in [3.63, 3.8) is 0 Å². The average molecular weight is 139 g/mol. The lowest BCUT2D eigenvalue weighted by molar-refractivity contribution is 0.824. The van der Waals surface area contributed by atoms with Gasteiger partial charge in [0.15, 0.2) is 0 Å². The van der Waals surface area contributed by atoms with Crippen molar-refractivity contribution in [3.05, 3.63) is 30.3 Å². The number of nitrogens with one attached hydrogen (secondary N) is 1. The van der Waals surface area contributed by atoms with Gasteiger partial charge in [-0.05, 0) is 12.1 Å². The minimum absolute atomic E-state index is 0. The van der Waals surface area contributed by atoms with Gasteiger partial charge in [0.25, 0.3) is 0 Å². The van der Waals surface area contributed by atoms with Crippen LogP contribution < -0.4 is 4.30 Å². The SMILES string of the molecule is O.[AlH2][NH]c1ccccc1. The molecule has 0 amide bonds. The van der Waals surface area contributed by atoms with Gasteiger partial charge < -0.3 is 9.78 Å². The van der Waals surface area contributed by atoms with Crippen LogP contribution in [-0.2, 0) is 0 Å². The molecule has 3 heteroatoms. The first-order chi connectivity index (χ1) is 3.93. The summed E-state index contributed by atoms with van der Waals surface area (Å²) in [5, 5.41) is 0. The summed E-state index contributed by atoms with van der Waals surface area (Å²) < 4.78 is 3.17. The van der Waals surface area contributed by atoms with E-state index in [9.17, 15) is 0 Å². The maximum Gasteiger partial charge on any atom is 0.360 e. The zero-order valence-electron chi connectivity index (χ0n) is 5.39. The molecular formula is C6H10AlNO. The lowest BCUT2D eigenvalue weighted by Crippen LogP contribution is -1.87. The molecule has 0 atom stereocenters. The Kier molecular flexibility index (Phi) is 4.16. The minimum atomic E-state index is 0. The number of hydrogen-bond donors (Lipinski definition) is 1. The summed E-state index contributed by atoms with van der Waals surface area (Å²) in [5.74, 6) is 0. The van der Waals surface area contributed by atoms with Crippen molar-refractivity contribution < 1.29 is 5.48 Å². The summed E-state index contributed by atoms with van der Waals surface area (Å²) in [7, 11) is 0. The summed E-state index contributed by atoms with van der Waals surface area (Å²) >= 11 is 1.03. The fraction of sp³-hybridized carbons (Fsp3) is 0. The first kappa shape index (κ1) is 8.51. The number of benzene rings is 1. The summed E-state index contributed by atoms with van der Waals surface area (Å²) in [4.78, 5) is 0. The lowest BCUT2D eigenvalue weighted by atomic mass is 10.3. The Labute approximate surface area is 62.8 Å². The largest absolute Gasteiger partial charge is 0.482 e. The third-order valence-corrected chi connectivity index (χ3v) is 1.64. The van der Waals surface area contributed by atoms with Crippen molar-refractivity contribution in [1.29, 1.82) is 0 Å². The fourth-order valence-electron chi connectivity index (χ4n) is 0.605. The molecule has 0 saturated heterocycles. The molecule has 9 heavy (non-hydrogen) atoms. The maximum absolute atomic E-state index is 3.17. The molecule has 0 aliphatic rings. The van der Waals surface area contributed by atoms with Gasteiger partial charge in [0, 0.05) is 5.69 Å². The van der Waals surface area contributed by atoms with Gasteiger partial charge in [-0.15, -0.1) is 0 Å². The first-order valence-corrected chi connectivity index (χ1v) is 3.66. The molecule has 0 radical (unpaired) electrons. The van der Waals surface area contributed by atoms with Gasteiger partial charge in [-0.25, -0.2) is 0 Å². The van der Waals surface area contributed by atoms with Gasteiger partial charge in [-0.2, -0.15) is 0 Å². The molecule has 0 unspecified atom stereocenters. The van der Waals surface area contributed by atoms with Gasteiger partial charge in [0.1, 0.15) is 0 Å². The normalized spacial score (nSPS) is 7.56. The molecule has 1 aromatic rings. The van der Waals surface area contributed by atoms with E-state index in [1.807, 2.05) is 18.2 Å². The average Bonchev–Trinajstić information content (AvgIpc) is 1.90. The molecule has 0 bridgehead atoms. The molecule has 1 aromatic carbocycles.